The van der Waals surface area contributed by atoms with Crippen LogP contribution in [-0.4, -0.2) is 12.3 Å². The van der Waals surface area contributed by atoms with Crippen LogP contribution in [0.5, 0.6) is 0 Å². The third kappa shape index (κ3) is 4.04. The van der Waals surface area contributed by atoms with Crippen molar-refractivity contribution in [1.29, 1.82) is 0 Å². The molecule has 10 heavy (non-hydrogen) atoms. The van der Waals surface area contributed by atoms with Crippen molar-refractivity contribution in [2.24, 2.45) is 10.7 Å². The van der Waals surface area contributed by atoms with E-state index in [0.717, 1.165) is 0 Å². The van der Waals surface area contributed by atoms with Crippen molar-refractivity contribution in [3.63, 3.8) is 0 Å². The van der Waals surface area contributed by atoms with Crippen molar-refractivity contribution >= 4 is 6.21 Å². The lowest BCUT2D eigenvalue weighted by Crippen LogP contribution is -2.11. The maximum absolute atomic E-state index is 5.48. The Hall–Kier alpha value is -0.890. The topological polar surface area (TPSA) is 38.4 Å². The predicted octanol–water partition coefficient (Wildman–Crippen LogP) is 1.49. The molecule has 2 heteroatoms. The average Bonchev–Trinajstić information content (AvgIpc) is 2.21. The van der Waals surface area contributed by atoms with E-state index in [0.29, 0.717) is 0 Å². The van der Waals surface area contributed by atoms with Crippen LogP contribution in [0.15, 0.2) is 29.4 Å². The molecule has 0 aromatic carbocycles. The Morgan fingerprint density at radius 2 is 2.00 bits per heavy atom. The second-order valence-electron chi connectivity index (χ2n) is 1.60. The highest BCUT2D eigenvalue weighted by atomic mass is 14.7. The first-order valence-electron chi connectivity index (χ1n) is 3.52. The van der Waals surface area contributed by atoms with Gasteiger partial charge in [-0.15, -0.1) is 0 Å². The summed E-state index contributed by atoms with van der Waals surface area (Å²) in [5, 5.41) is 0. The van der Waals surface area contributed by atoms with Gasteiger partial charge in [-0.1, -0.05) is 19.9 Å². The van der Waals surface area contributed by atoms with Crippen LogP contribution >= 0.6 is 0 Å². The maximum Gasteiger partial charge on any atom is 0.0431 e. The first-order chi connectivity index (χ1) is 4.89. The van der Waals surface area contributed by atoms with Crippen molar-refractivity contribution in [1.82, 2.24) is 0 Å². The fourth-order valence-electron chi connectivity index (χ4n) is 0.491. The van der Waals surface area contributed by atoms with Crippen LogP contribution in [-0.2, 0) is 0 Å². The van der Waals surface area contributed by atoms with Gasteiger partial charge in [0.05, 0.1) is 0 Å². The molecule has 1 rings (SSSR count). The smallest absolute Gasteiger partial charge is 0.0431 e. The molecule has 0 radical (unpaired) electrons. The van der Waals surface area contributed by atoms with Gasteiger partial charge in [0.25, 0.3) is 0 Å². The van der Waals surface area contributed by atoms with Crippen molar-refractivity contribution in [3.05, 3.63) is 24.4 Å². The molecule has 0 bridgehead atoms. The zero-order chi connectivity index (χ0) is 7.82. The minimum absolute atomic E-state index is 0.0394. The molecule has 0 saturated carbocycles. The van der Waals surface area contributed by atoms with Crippen LogP contribution in [0.2, 0.25) is 0 Å². The molecule has 2 nitrogen and oxygen atoms in total. The van der Waals surface area contributed by atoms with E-state index in [9.17, 15) is 0 Å². The standard InChI is InChI=1S/C6H8N2.C2H6/c7-6-2-1-4-8-5-3-6;1-2/h1-6H,7H2;1-2H3. The summed E-state index contributed by atoms with van der Waals surface area (Å²) in [5.41, 5.74) is 5.48. The Bertz CT molecular complexity index is 129. The van der Waals surface area contributed by atoms with Crippen molar-refractivity contribution in [2.75, 3.05) is 0 Å². The molecule has 0 amide bonds. The molecule has 0 aliphatic carbocycles. The average molecular weight is 138 g/mol. The lowest BCUT2D eigenvalue weighted by atomic mass is 10.3. The summed E-state index contributed by atoms with van der Waals surface area (Å²) in [6, 6.07) is 0.0394. The first-order valence-corrected chi connectivity index (χ1v) is 3.52. The van der Waals surface area contributed by atoms with E-state index in [4.69, 9.17) is 5.73 Å². The molecule has 1 atom stereocenters. The van der Waals surface area contributed by atoms with Gasteiger partial charge in [-0.3, -0.25) is 4.99 Å². The lowest BCUT2D eigenvalue weighted by molar-refractivity contribution is 1.03. The van der Waals surface area contributed by atoms with Crippen LogP contribution < -0.4 is 5.73 Å². The Labute approximate surface area is 62.1 Å². The summed E-state index contributed by atoms with van der Waals surface area (Å²) in [7, 11) is 0. The van der Waals surface area contributed by atoms with Crippen LogP contribution in [0.25, 0.3) is 0 Å². The van der Waals surface area contributed by atoms with Gasteiger partial charge in [0.1, 0.15) is 0 Å². The molecule has 1 aliphatic rings. The Kier molecular flexibility index (Phi) is 5.68. The van der Waals surface area contributed by atoms with Crippen LogP contribution in [0.4, 0.5) is 0 Å². The summed E-state index contributed by atoms with van der Waals surface area (Å²) < 4.78 is 0. The summed E-state index contributed by atoms with van der Waals surface area (Å²) in [5.74, 6) is 0. The van der Waals surface area contributed by atoms with Crippen molar-refractivity contribution < 1.29 is 0 Å². The Morgan fingerprint density at radius 3 is 2.70 bits per heavy atom. The monoisotopic (exact) mass is 138 g/mol. The number of nitrogens with zero attached hydrogens (tertiary/aromatic N) is 1. The number of nitrogens with two attached hydrogens (primary N) is 1. The van der Waals surface area contributed by atoms with Gasteiger partial charge in [0.15, 0.2) is 0 Å². The van der Waals surface area contributed by atoms with Gasteiger partial charge < -0.3 is 5.73 Å². The summed E-state index contributed by atoms with van der Waals surface area (Å²) in [6.45, 7) is 4.00. The summed E-state index contributed by atoms with van der Waals surface area (Å²) in [6.07, 6.45) is 8.96. The highest BCUT2D eigenvalue weighted by molar-refractivity contribution is 5.72. The summed E-state index contributed by atoms with van der Waals surface area (Å²) in [4.78, 5) is 3.85. The lowest BCUT2D eigenvalue weighted by Gasteiger charge is -1.91. The van der Waals surface area contributed by atoms with Gasteiger partial charge in [-0.2, -0.15) is 0 Å². The zero-order valence-corrected chi connectivity index (χ0v) is 6.49. The van der Waals surface area contributed by atoms with Crippen molar-refractivity contribution in [2.45, 2.75) is 19.9 Å². The van der Waals surface area contributed by atoms with Gasteiger partial charge in [-0.25, -0.2) is 0 Å². The third-order valence-electron chi connectivity index (χ3n) is 0.900. The molecule has 1 heterocycles. The molecule has 1 unspecified atom stereocenters. The van der Waals surface area contributed by atoms with Gasteiger partial charge in [0.2, 0.25) is 0 Å². The number of rotatable bonds is 0. The Balaban J connectivity index is 0.000000371. The third-order valence-corrected chi connectivity index (χ3v) is 0.900. The van der Waals surface area contributed by atoms with Gasteiger partial charge in [0, 0.05) is 18.5 Å². The van der Waals surface area contributed by atoms with E-state index < -0.39 is 0 Å². The van der Waals surface area contributed by atoms with Crippen LogP contribution in [0.3, 0.4) is 0 Å². The van der Waals surface area contributed by atoms with E-state index in [1.165, 1.54) is 0 Å². The molecular formula is C8H14N2. The molecule has 56 valence electrons. The molecule has 1 aliphatic heterocycles. The zero-order valence-electron chi connectivity index (χ0n) is 6.49. The molecule has 0 spiro atoms. The second kappa shape index (κ2) is 6.23. The van der Waals surface area contributed by atoms with E-state index in [2.05, 4.69) is 4.99 Å². The van der Waals surface area contributed by atoms with Gasteiger partial charge in [-0.05, 0) is 12.2 Å². The second-order valence-corrected chi connectivity index (χ2v) is 1.60. The highest BCUT2D eigenvalue weighted by Gasteiger charge is 1.87. The number of aliphatic imine (C=N–C) groups is 1. The van der Waals surface area contributed by atoms with Crippen LogP contribution in [0, 0.1) is 0 Å². The largest absolute Gasteiger partial charge is 0.321 e. The SMILES string of the molecule is CC.NC1C=CC=NC=C1. The molecular weight excluding hydrogens is 124 g/mol. The number of hydrogen-bond donors (Lipinski definition) is 1. The van der Waals surface area contributed by atoms with Gasteiger partial charge >= 0.3 is 0 Å². The van der Waals surface area contributed by atoms with E-state index in [1.54, 1.807) is 12.4 Å². The molecule has 0 saturated heterocycles. The molecule has 0 aromatic rings. The predicted molar refractivity (Wildman–Crippen MR) is 46.1 cm³/mol. The van der Waals surface area contributed by atoms with E-state index >= 15 is 0 Å². The van der Waals surface area contributed by atoms with Crippen molar-refractivity contribution in [3.8, 4) is 0 Å². The Morgan fingerprint density at radius 1 is 1.30 bits per heavy atom. The molecule has 2 N–H and O–H groups in total. The minimum Gasteiger partial charge on any atom is -0.321 e. The summed E-state index contributed by atoms with van der Waals surface area (Å²) >= 11 is 0. The van der Waals surface area contributed by atoms with E-state index in [-0.39, 0.29) is 6.04 Å². The molecule has 0 fully saturated rings. The molecule has 0 aromatic heterocycles. The quantitative estimate of drug-likeness (QED) is 0.541. The minimum atomic E-state index is 0.0394. The maximum atomic E-state index is 5.48. The first kappa shape index (κ1) is 9.11. The normalized spacial score (nSPS) is 21.3. The highest BCUT2D eigenvalue weighted by Crippen LogP contribution is 1.88. The fraction of sp³-hybridized carbons (Fsp3) is 0.375. The fourth-order valence-corrected chi connectivity index (χ4v) is 0.491. The number of hydrogen-bond acceptors (Lipinski definition) is 2. The van der Waals surface area contributed by atoms with Crippen LogP contribution in [0.1, 0.15) is 13.8 Å². The van der Waals surface area contributed by atoms with E-state index in [1.807, 2.05) is 32.1 Å². The number of allylic oxidation sites excluding steroid dienone is 1.